The van der Waals surface area contributed by atoms with Crippen LogP contribution in [0.4, 0.5) is 17.6 Å². The van der Waals surface area contributed by atoms with E-state index in [0.29, 0.717) is 18.6 Å². The molecular formula is C21H17F4NO4. The van der Waals surface area contributed by atoms with Gasteiger partial charge < -0.3 is 14.3 Å². The zero-order valence-corrected chi connectivity index (χ0v) is 15.7. The summed E-state index contributed by atoms with van der Waals surface area (Å²) < 4.78 is 63.5. The van der Waals surface area contributed by atoms with Gasteiger partial charge in [0.05, 0.1) is 5.56 Å². The summed E-state index contributed by atoms with van der Waals surface area (Å²) in [4.78, 5) is 13.5. The molecule has 1 aliphatic carbocycles. The van der Waals surface area contributed by atoms with Crippen molar-refractivity contribution in [1.82, 2.24) is 4.98 Å². The molecule has 0 bridgehead atoms. The van der Waals surface area contributed by atoms with E-state index in [1.807, 2.05) is 0 Å². The van der Waals surface area contributed by atoms with E-state index in [1.165, 1.54) is 0 Å². The average molecular weight is 423 g/mol. The third-order valence-electron chi connectivity index (χ3n) is 5.16. The van der Waals surface area contributed by atoms with E-state index in [2.05, 4.69) is 4.98 Å². The lowest BCUT2D eigenvalue weighted by Gasteiger charge is -2.16. The Morgan fingerprint density at radius 3 is 2.63 bits per heavy atom. The number of halogens is 4. The molecule has 0 radical (unpaired) electrons. The van der Waals surface area contributed by atoms with Gasteiger partial charge in [0.2, 0.25) is 5.88 Å². The highest BCUT2D eigenvalue weighted by Gasteiger charge is 2.32. The third-order valence-corrected chi connectivity index (χ3v) is 5.16. The number of aromatic amines is 1. The number of H-pyrrole nitrogens is 1. The van der Waals surface area contributed by atoms with Crippen molar-refractivity contribution in [1.29, 1.82) is 0 Å². The molecule has 0 saturated carbocycles. The van der Waals surface area contributed by atoms with Gasteiger partial charge in [-0.05, 0) is 61.2 Å². The van der Waals surface area contributed by atoms with Gasteiger partial charge in [0, 0.05) is 11.5 Å². The number of rotatable bonds is 4. The molecule has 2 atom stereocenters. The van der Waals surface area contributed by atoms with Gasteiger partial charge in [-0.1, -0.05) is 6.07 Å². The maximum Gasteiger partial charge on any atom is 0.419 e. The second-order valence-electron chi connectivity index (χ2n) is 7.15. The number of aromatic hydroxyl groups is 1. The fourth-order valence-corrected chi connectivity index (χ4v) is 3.75. The zero-order valence-electron chi connectivity index (χ0n) is 15.7. The normalized spacial score (nSPS) is 17.0. The van der Waals surface area contributed by atoms with Crippen LogP contribution in [-0.4, -0.2) is 10.1 Å². The third kappa shape index (κ3) is 3.67. The molecular weight excluding hydrogens is 406 g/mol. The van der Waals surface area contributed by atoms with Crippen molar-refractivity contribution in [3.8, 4) is 17.4 Å². The highest BCUT2D eigenvalue weighted by Crippen LogP contribution is 2.43. The maximum absolute atomic E-state index is 14.0. The average Bonchev–Trinajstić information content (AvgIpc) is 3.22. The van der Waals surface area contributed by atoms with Crippen LogP contribution in [0.1, 0.15) is 53.4 Å². The van der Waals surface area contributed by atoms with Crippen LogP contribution in [0.15, 0.2) is 45.6 Å². The number of alkyl halides is 4. The first-order valence-electron chi connectivity index (χ1n) is 9.21. The summed E-state index contributed by atoms with van der Waals surface area (Å²) >= 11 is 0. The summed E-state index contributed by atoms with van der Waals surface area (Å²) in [5.41, 5.74) is 0.579. The second kappa shape index (κ2) is 7.23. The number of aryl methyl sites for hydroxylation is 1. The SMILES string of the molecule is C[C@H](F)c1cc(C(F)(F)F)ccc1Oc1ccc2c(c1)CC[C@H]2c1oc(=O)[nH]c1O. The van der Waals surface area contributed by atoms with Crippen molar-refractivity contribution in [3.63, 3.8) is 0 Å². The Balaban J connectivity index is 1.63. The number of ether oxygens (including phenoxy) is 1. The fourth-order valence-electron chi connectivity index (χ4n) is 3.75. The summed E-state index contributed by atoms with van der Waals surface area (Å²) in [6.07, 6.45) is -5.02. The molecule has 0 aliphatic heterocycles. The van der Waals surface area contributed by atoms with Crippen LogP contribution < -0.4 is 10.5 Å². The first-order chi connectivity index (χ1) is 14.1. The minimum atomic E-state index is -4.58. The van der Waals surface area contributed by atoms with E-state index in [0.717, 1.165) is 36.2 Å². The molecule has 158 valence electrons. The molecule has 0 saturated heterocycles. The first kappa shape index (κ1) is 20.1. The number of nitrogens with one attached hydrogen (secondary N) is 1. The quantitative estimate of drug-likeness (QED) is 0.536. The second-order valence-corrected chi connectivity index (χ2v) is 7.15. The molecule has 4 rings (SSSR count). The van der Waals surface area contributed by atoms with Crippen molar-refractivity contribution in [2.24, 2.45) is 0 Å². The molecule has 3 aromatic rings. The molecule has 0 spiro atoms. The van der Waals surface area contributed by atoms with Crippen molar-refractivity contribution in [2.75, 3.05) is 0 Å². The van der Waals surface area contributed by atoms with E-state index in [-0.39, 0.29) is 28.9 Å². The van der Waals surface area contributed by atoms with Crippen molar-refractivity contribution >= 4 is 0 Å². The zero-order chi connectivity index (χ0) is 21.6. The summed E-state index contributed by atoms with van der Waals surface area (Å²) in [5.74, 6) is -0.864. The smallest absolute Gasteiger partial charge is 0.419 e. The molecule has 30 heavy (non-hydrogen) atoms. The predicted octanol–water partition coefficient (Wildman–Crippen LogP) is 5.59. The van der Waals surface area contributed by atoms with Gasteiger partial charge >= 0.3 is 11.9 Å². The highest BCUT2D eigenvalue weighted by atomic mass is 19.4. The highest BCUT2D eigenvalue weighted by molar-refractivity contribution is 5.48. The van der Waals surface area contributed by atoms with E-state index in [9.17, 15) is 27.5 Å². The van der Waals surface area contributed by atoms with Gasteiger partial charge in [0.25, 0.3) is 0 Å². The Hall–Kier alpha value is -3.23. The van der Waals surface area contributed by atoms with Gasteiger partial charge in [0.1, 0.15) is 17.7 Å². The molecule has 2 aromatic carbocycles. The number of hydrogen-bond acceptors (Lipinski definition) is 4. The minimum absolute atomic E-state index is 0.00164. The monoisotopic (exact) mass is 423 g/mol. The predicted molar refractivity (Wildman–Crippen MR) is 98.6 cm³/mol. The molecule has 1 heterocycles. The molecule has 9 heteroatoms. The van der Waals surface area contributed by atoms with Crippen molar-refractivity contribution < 1.29 is 31.8 Å². The lowest BCUT2D eigenvalue weighted by atomic mass is 9.99. The van der Waals surface area contributed by atoms with Crippen LogP contribution in [0, 0.1) is 0 Å². The topological polar surface area (TPSA) is 75.5 Å². The fraction of sp³-hybridized carbons (Fsp3) is 0.286. The molecule has 2 N–H and O–H groups in total. The number of oxazole rings is 1. The van der Waals surface area contributed by atoms with Crippen molar-refractivity contribution in [3.05, 3.63) is 75.0 Å². The van der Waals surface area contributed by atoms with Crippen LogP contribution in [0.3, 0.4) is 0 Å². The van der Waals surface area contributed by atoms with E-state index < -0.39 is 23.7 Å². The van der Waals surface area contributed by atoms with Crippen LogP contribution in [0.5, 0.6) is 17.4 Å². The molecule has 0 amide bonds. The van der Waals surface area contributed by atoms with Crippen molar-refractivity contribution in [2.45, 2.75) is 38.0 Å². The van der Waals surface area contributed by atoms with Crippen LogP contribution in [0.25, 0.3) is 0 Å². The Kier molecular flexibility index (Phi) is 4.83. The standard InChI is InChI=1S/C21H17F4NO4/c1-10(22)16-9-12(21(23,24)25)3-7-17(16)29-13-4-6-14-11(8-13)2-5-15(14)18-19(27)26-20(28)30-18/h3-4,6-10,15,27H,2,5H2,1H3,(H,26,28)/t10-,15+/m0/s1. The van der Waals surface area contributed by atoms with E-state index in [4.69, 9.17) is 9.15 Å². The minimum Gasteiger partial charge on any atom is -0.492 e. The maximum atomic E-state index is 14.0. The molecule has 0 fully saturated rings. The van der Waals surface area contributed by atoms with Crippen LogP contribution >= 0.6 is 0 Å². The van der Waals surface area contributed by atoms with Gasteiger partial charge in [-0.3, -0.25) is 4.98 Å². The molecule has 1 aliphatic rings. The van der Waals surface area contributed by atoms with Crippen LogP contribution in [-0.2, 0) is 12.6 Å². The number of benzene rings is 2. The molecule has 5 nitrogen and oxygen atoms in total. The summed E-state index contributed by atoms with van der Waals surface area (Å²) in [6.45, 7) is 1.15. The van der Waals surface area contributed by atoms with Gasteiger partial charge in [-0.15, -0.1) is 0 Å². The summed E-state index contributed by atoms with van der Waals surface area (Å²) in [5, 5.41) is 9.84. The van der Waals surface area contributed by atoms with Gasteiger partial charge in [-0.2, -0.15) is 13.2 Å². The number of hydrogen-bond donors (Lipinski definition) is 2. The molecule has 1 aromatic heterocycles. The number of aromatic nitrogens is 1. The van der Waals surface area contributed by atoms with E-state index in [1.54, 1.807) is 18.2 Å². The Morgan fingerprint density at radius 1 is 1.23 bits per heavy atom. The lowest BCUT2D eigenvalue weighted by molar-refractivity contribution is -0.137. The first-order valence-corrected chi connectivity index (χ1v) is 9.21. The Bertz CT molecular complexity index is 1150. The summed E-state index contributed by atoms with van der Waals surface area (Å²) in [7, 11) is 0. The molecule has 0 unspecified atom stereocenters. The number of fused-ring (bicyclic) bond motifs is 1. The van der Waals surface area contributed by atoms with E-state index >= 15 is 0 Å². The Morgan fingerprint density at radius 2 is 2.00 bits per heavy atom. The van der Waals surface area contributed by atoms with Crippen LogP contribution in [0.2, 0.25) is 0 Å². The Labute approximate surface area is 167 Å². The summed E-state index contributed by atoms with van der Waals surface area (Å²) in [6, 6.07) is 7.75. The van der Waals surface area contributed by atoms with Gasteiger partial charge in [0.15, 0.2) is 5.76 Å². The van der Waals surface area contributed by atoms with Gasteiger partial charge in [-0.25, -0.2) is 9.18 Å². The largest absolute Gasteiger partial charge is 0.492 e. The lowest BCUT2D eigenvalue weighted by Crippen LogP contribution is -2.06.